The number of carbonyl (C=O) groups excluding carboxylic acids is 5. The second-order valence-electron chi connectivity index (χ2n) is 30.0. The van der Waals surface area contributed by atoms with E-state index < -0.39 is 162 Å². The molecule has 0 saturated carbocycles. The summed E-state index contributed by atoms with van der Waals surface area (Å²) in [4.78, 5) is 80.2. The quantitative estimate of drug-likeness (QED) is 0.0270. The van der Waals surface area contributed by atoms with Crippen LogP contribution in [0, 0.1) is 58.7 Å². The summed E-state index contributed by atoms with van der Waals surface area (Å²) in [5.74, 6) is -10.0. The van der Waals surface area contributed by atoms with E-state index in [1.54, 1.807) is 101 Å². The molecule has 2 aliphatic heterocycles. The number of rotatable bonds is 24. The van der Waals surface area contributed by atoms with Crippen LogP contribution in [0.2, 0.25) is 0 Å². The third-order valence-corrected chi connectivity index (χ3v) is 19.6. The van der Waals surface area contributed by atoms with E-state index in [1.807, 2.05) is 52.0 Å². The van der Waals surface area contributed by atoms with E-state index in [2.05, 4.69) is 22.9 Å². The maximum atomic E-state index is 14.1. The number of ether oxygens (including phenoxy) is 3. The largest absolute Gasteiger partial charge is 0.480 e. The van der Waals surface area contributed by atoms with Gasteiger partial charge in [-0.15, -0.1) is 0 Å². The zero-order chi connectivity index (χ0) is 76.2. The van der Waals surface area contributed by atoms with E-state index >= 15 is 0 Å². The predicted molar refractivity (Wildman–Crippen MR) is 384 cm³/mol. The van der Waals surface area contributed by atoms with Crippen LogP contribution in [0.3, 0.4) is 0 Å². The number of nitrogens with one attached hydrogen (secondary N) is 3. The van der Waals surface area contributed by atoms with Crippen LogP contribution in [0.25, 0.3) is 0 Å². The van der Waals surface area contributed by atoms with Crippen LogP contribution < -0.4 is 16.0 Å². The third kappa shape index (κ3) is 30.4. The zero-order valence-electron chi connectivity index (χ0n) is 62.7. The number of carbonyl (C=O) groups is 6. The van der Waals surface area contributed by atoms with Crippen LogP contribution in [0.4, 0.5) is 0 Å². The first kappa shape index (κ1) is 90.5. The molecule has 23 heteroatoms. The lowest BCUT2D eigenvalue weighted by atomic mass is 9.77. The Labute approximate surface area is 595 Å². The van der Waals surface area contributed by atoms with E-state index in [1.165, 1.54) is 38.2 Å². The molecule has 2 bridgehead atoms. The van der Waals surface area contributed by atoms with Crippen molar-refractivity contribution in [2.45, 2.75) is 285 Å². The molecule has 570 valence electrons. The van der Waals surface area contributed by atoms with Crippen molar-refractivity contribution >= 4 is 35.4 Å². The highest BCUT2D eigenvalue weighted by Crippen LogP contribution is 2.34. The molecule has 0 radical (unpaired) electrons. The normalized spacial score (nSPS) is 31.8. The van der Waals surface area contributed by atoms with Crippen molar-refractivity contribution in [3.8, 4) is 0 Å². The minimum absolute atomic E-state index is 0.0272. The Morgan fingerprint density at radius 1 is 0.770 bits per heavy atom. The molecule has 1 fully saturated rings. The van der Waals surface area contributed by atoms with Gasteiger partial charge in [-0.1, -0.05) is 143 Å². The topological polar surface area (TPSA) is 389 Å². The number of allylic oxidation sites excluding steroid dienone is 7. The molecule has 23 nitrogen and oxygen atoms in total. The average molecular weight is 1410 g/mol. The molecule has 0 aromatic rings. The number of esters is 1. The number of aliphatic hydroxyl groups excluding tert-OH is 10. The Hall–Kier alpha value is -5.54. The summed E-state index contributed by atoms with van der Waals surface area (Å²) < 4.78 is 18.0. The Balaban J connectivity index is 2.44. The monoisotopic (exact) mass is 1410 g/mol. The molecular formula is C77H127N3O20. The van der Waals surface area contributed by atoms with E-state index in [9.17, 15) is 84.9 Å². The average Bonchev–Trinajstić information content (AvgIpc) is 0.850. The molecule has 2 heterocycles. The Kier molecular flexibility index (Phi) is 40.0. The van der Waals surface area contributed by atoms with Gasteiger partial charge in [0, 0.05) is 48.7 Å². The van der Waals surface area contributed by atoms with E-state index in [0.717, 1.165) is 12.5 Å². The fourth-order valence-electron chi connectivity index (χ4n) is 12.9. The standard InChI is InChI=1S/C77H127N3O20/c1-42(2)35-57(78-64(86)33-34-77(16,17)73(93)53(14)67(87)43(3)4)71(91)50(11)39-48(9)69(89)46(7)30-32-58(83)52(13)74(94)80-65(54(15)81)62-40-55(82)31-29-45(6)68(88)47(8)38-49(10)70(90)51(12)59(84)41-56-36-44(5)37-61(99-56)60(98-18)27-25-23-21-19-20-22-24-26-28-63(85)79-66(75(95)96)72(92)76(97)100-62/h21-29,33-34,38-39,42-44,46-47,50-62,65-72,81-84,87-92H,19-20,30-32,35-37,40-41H2,1-18H3,(H,78,86)(H,79,85)(H,80,94)(H,95,96)/b23-21+,24-22+,27-25+,28-26+,34-33+,45-29+,48-39+,49-38+/t44?,46?,47?,50?,51?,52?,53?,54?,55?,56?,57?,58?,59?,60?,61?,62?,65?,66-,67?,68?,69?,70?,71?,72-/m1/s1. The SMILES string of the molecule is COC1/C=C/C=C/CC/C=C/C=C/C(=O)N[C@@H](C(=O)O)[C@@H](O)C(=O)OC(C(NC(=O)C(C)C(O)CCC(C)C(O)/C(C)=C/C(C)C(O)C(CC(C)C)NC(=O)/C=C/C(C)(C)C(=O)C(C)C(O)C(C)C)C(C)O)CC(O)C/C=C(\C)C(O)C(C)/C=C(\C)C(O)C(C)C(O)CC2CC(C)CC1O2. The van der Waals surface area contributed by atoms with Crippen LogP contribution >= 0.6 is 0 Å². The van der Waals surface area contributed by atoms with Crippen molar-refractivity contribution in [1.82, 2.24) is 16.0 Å². The van der Waals surface area contributed by atoms with Gasteiger partial charge < -0.3 is 86.3 Å². The minimum atomic E-state index is -2.57. The molecule has 0 aromatic heterocycles. The molecule has 2 rings (SSSR count). The lowest BCUT2D eigenvalue weighted by Crippen LogP contribution is -2.57. The predicted octanol–water partition coefficient (Wildman–Crippen LogP) is 6.74. The summed E-state index contributed by atoms with van der Waals surface area (Å²) in [7, 11) is 1.60. The van der Waals surface area contributed by atoms with Gasteiger partial charge in [-0.25, -0.2) is 9.59 Å². The number of fused-ring (bicyclic) bond motifs is 2. The highest BCUT2D eigenvalue weighted by atomic mass is 16.6. The molecule has 22 unspecified atom stereocenters. The number of amides is 3. The first-order valence-electron chi connectivity index (χ1n) is 35.8. The van der Waals surface area contributed by atoms with E-state index in [0.29, 0.717) is 42.4 Å². The van der Waals surface area contributed by atoms with Crippen molar-refractivity contribution in [2.24, 2.45) is 58.7 Å². The fourth-order valence-corrected chi connectivity index (χ4v) is 12.9. The van der Waals surface area contributed by atoms with Gasteiger partial charge in [-0.05, 0) is 146 Å². The maximum Gasteiger partial charge on any atom is 0.338 e. The van der Waals surface area contributed by atoms with Crippen molar-refractivity contribution in [2.75, 3.05) is 7.11 Å². The van der Waals surface area contributed by atoms with Gasteiger partial charge in [0.1, 0.15) is 18.0 Å². The van der Waals surface area contributed by atoms with Crippen LogP contribution in [0.15, 0.2) is 95.7 Å². The molecular weight excluding hydrogens is 1290 g/mol. The van der Waals surface area contributed by atoms with Crippen LogP contribution in [0.5, 0.6) is 0 Å². The molecule has 2 aliphatic rings. The highest BCUT2D eigenvalue weighted by molar-refractivity contribution is 5.94. The molecule has 1 saturated heterocycles. The number of cyclic esters (lactones) is 1. The van der Waals surface area contributed by atoms with Gasteiger partial charge in [0.25, 0.3) is 0 Å². The van der Waals surface area contributed by atoms with Gasteiger partial charge in [0.2, 0.25) is 17.7 Å². The number of hydrogen-bond acceptors (Lipinski definition) is 19. The summed E-state index contributed by atoms with van der Waals surface area (Å²) in [6, 6.07) is -4.58. The number of carboxylic acid groups (broad SMARTS) is 1. The van der Waals surface area contributed by atoms with Gasteiger partial charge in [0.05, 0.1) is 85.1 Å². The van der Waals surface area contributed by atoms with E-state index in [4.69, 9.17) is 14.2 Å². The van der Waals surface area contributed by atoms with Crippen molar-refractivity contribution in [3.63, 3.8) is 0 Å². The fraction of sp³-hybridized carbons (Fsp3) is 0.714. The number of Topliss-reactive ketones (excluding diaryl/α,β-unsaturated/α-hetero) is 1. The molecule has 0 spiro atoms. The Morgan fingerprint density at radius 2 is 1.39 bits per heavy atom. The number of aliphatic hydroxyl groups is 10. The second kappa shape index (κ2) is 44.2. The summed E-state index contributed by atoms with van der Waals surface area (Å²) in [5, 5.41) is 132. The zero-order valence-corrected chi connectivity index (χ0v) is 62.7. The van der Waals surface area contributed by atoms with Gasteiger partial charge >= 0.3 is 11.9 Å². The molecule has 24 atom stereocenters. The molecule has 100 heavy (non-hydrogen) atoms. The summed E-state index contributed by atoms with van der Waals surface area (Å²) in [6.07, 6.45) is 7.67. The van der Waals surface area contributed by atoms with Crippen molar-refractivity contribution in [1.29, 1.82) is 0 Å². The molecule has 3 amide bonds. The van der Waals surface area contributed by atoms with Gasteiger partial charge in [-0.3, -0.25) is 19.2 Å². The second-order valence-corrected chi connectivity index (χ2v) is 30.0. The molecule has 0 aliphatic carbocycles. The number of methoxy groups -OCH3 is 1. The number of ketones is 1. The van der Waals surface area contributed by atoms with Crippen LogP contribution in [0.1, 0.15) is 182 Å². The smallest absolute Gasteiger partial charge is 0.338 e. The van der Waals surface area contributed by atoms with Gasteiger partial charge in [-0.2, -0.15) is 0 Å². The summed E-state index contributed by atoms with van der Waals surface area (Å²) >= 11 is 0. The Bertz CT molecular complexity index is 2810. The first-order valence-corrected chi connectivity index (χ1v) is 35.8. The number of hydrogen-bond donors (Lipinski definition) is 14. The first-order chi connectivity index (χ1) is 46.6. The third-order valence-electron chi connectivity index (χ3n) is 19.6. The number of carboxylic acids is 1. The van der Waals surface area contributed by atoms with E-state index in [-0.39, 0.29) is 67.5 Å². The number of aliphatic carboxylic acids is 1. The van der Waals surface area contributed by atoms with Gasteiger partial charge in [0.15, 0.2) is 12.1 Å². The molecule has 0 aromatic carbocycles. The lowest BCUT2D eigenvalue weighted by Gasteiger charge is -2.38. The van der Waals surface area contributed by atoms with Crippen LogP contribution in [-0.2, 0) is 43.0 Å². The minimum Gasteiger partial charge on any atom is -0.480 e. The Morgan fingerprint density at radius 3 is 1.97 bits per heavy atom. The van der Waals surface area contributed by atoms with Crippen molar-refractivity contribution < 1.29 is 99.1 Å². The highest BCUT2D eigenvalue weighted by Gasteiger charge is 2.41. The van der Waals surface area contributed by atoms with Crippen LogP contribution in [-0.4, -0.2) is 202 Å². The summed E-state index contributed by atoms with van der Waals surface area (Å²) in [6.45, 7) is 29.2. The maximum absolute atomic E-state index is 14.1. The summed E-state index contributed by atoms with van der Waals surface area (Å²) in [5.41, 5.74) is 0.307. The lowest BCUT2D eigenvalue weighted by molar-refractivity contribution is -0.170. The van der Waals surface area contributed by atoms with Crippen molar-refractivity contribution in [3.05, 3.63) is 95.7 Å². The molecule has 14 N–H and O–H groups in total.